The summed E-state index contributed by atoms with van der Waals surface area (Å²) < 4.78 is 3.36. The smallest absolute Gasteiger partial charge is 0.201 e. The summed E-state index contributed by atoms with van der Waals surface area (Å²) >= 11 is 1.81. The Morgan fingerprint density at radius 3 is 2.60 bits per heavy atom. The molecule has 0 aromatic heterocycles. The van der Waals surface area contributed by atoms with Crippen LogP contribution < -0.4 is 14.8 Å². The number of rotatable bonds is 1. The molecule has 4 heteroatoms. The Balaban J connectivity index is 2.40. The van der Waals surface area contributed by atoms with Crippen molar-refractivity contribution in [2.45, 2.75) is 0 Å². The number of anilines is 1. The van der Waals surface area contributed by atoms with Crippen molar-refractivity contribution in [2.24, 2.45) is 0 Å². The van der Waals surface area contributed by atoms with Crippen molar-refractivity contribution < 1.29 is 0 Å². The fraction of sp³-hybridized carbons (Fsp3) is 0.250. The summed E-state index contributed by atoms with van der Waals surface area (Å²) in [7, 11) is 8.26. The van der Waals surface area contributed by atoms with E-state index in [2.05, 4.69) is 74.1 Å². The lowest BCUT2D eigenvalue weighted by Crippen LogP contribution is -2.21. The first-order valence-corrected chi connectivity index (χ1v) is 7.39. The average Bonchev–Trinajstić information content (AvgIpc) is 2.43. The number of fused-ring (bicyclic) bond motifs is 2. The van der Waals surface area contributed by atoms with Gasteiger partial charge < -0.3 is 4.90 Å². The van der Waals surface area contributed by atoms with E-state index < -0.39 is 0 Å². The van der Waals surface area contributed by atoms with Crippen LogP contribution in [0.15, 0.2) is 36.4 Å². The summed E-state index contributed by atoms with van der Waals surface area (Å²) in [4.78, 5) is 8.15. The molecular formula is C16H18N3S+. The Morgan fingerprint density at radius 1 is 1.10 bits per heavy atom. The normalized spacial score (nSPS) is 11.0. The third-order valence-corrected chi connectivity index (χ3v) is 4.54. The Hall–Kier alpha value is -1.94. The zero-order valence-corrected chi connectivity index (χ0v) is 13.0. The predicted molar refractivity (Wildman–Crippen MR) is 87.7 cm³/mol. The molecule has 0 N–H and O–H groups in total. The molecule has 0 amide bonds. The van der Waals surface area contributed by atoms with Crippen molar-refractivity contribution in [3.8, 4) is 10.6 Å². The van der Waals surface area contributed by atoms with Crippen molar-refractivity contribution in [2.75, 3.05) is 33.1 Å². The standard InChI is InChI=1S/C16H18N3S/c1-18(2)11-8-9-12-15(10-11)20-16-13(17-12)6-5-7-14(16)19(3)4/h5-10H,1-4H3/q+1. The lowest BCUT2D eigenvalue weighted by molar-refractivity contribution is 0.814. The average molecular weight is 284 g/mol. The largest absolute Gasteiger partial charge is 0.376 e. The van der Waals surface area contributed by atoms with Crippen LogP contribution in [0.3, 0.4) is 0 Å². The Bertz CT molecular complexity index is 813. The Morgan fingerprint density at radius 2 is 1.90 bits per heavy atom. The van der Waals surface area contributed by atoms with E-state index in [0.717, 1.165) is 11.2 Å². The third kappa shape index (κ3) is 2.16. The molecule has 20 heavy (non-hydrogen) atoms. The van der Waals surface area contributed by atoms with E-state index in [1.54, 1.807) is 11.3 Å². The van der Waals surface area contributed by atoms with E-state index >= 15 is 0 Å². The van der Waals surface area contributed by atoms with Crippen LogP contribution in [-0.4, -0.2) is 33.2 Å². The van der Waals surface area contributed by atoms with Crippen LogP contribution in [0, 0.1) is 0 Å². The third-order valence-electron chi connectivity index (χ3n) is 3.37. The van der Waals surface area contributed by atoms with Gasteiger partial charge in [-0.2, -0.15) is 0 Å². The lowest BCUT2D eigenvalue weighted by atomic mass is 10.2. The van der Waals surface area contributed by atoms with E-state index in [-0.39, 0.29) is 0 Å². The Labute approximate surface area is 122 Å². The van der Waals surface area contributed by atoms with Gasteiger partial charge in [0.25, 0.3) is 0 Å². The maximum atomic E-state index is 4.79. The zero-order valence-electron chi connectivity index (χ0n) is 12.2. The number of aromatic nitrogens is 1. The van der Waals surface area contributed by atoms with E-state index in [4.69, 9.17) is 4.98 Å². The predicted octanol–water partition coefficient (Wildman–Crippen LogP) is 2.50. The molecular weight excluding hydrogens is 266 g/mol. The summed E-state index contributed by atoms with van der Waals surface area (Å²) in [5.74, 6) is 0. The monoisotopic (exact) mass is 284 g/mol. The summed E-state index contributed by atoms with van der Waals surface area (Å²) in [6.45, 7) is 0. The van der Waals surface area contributed by atoms with Crippen LogP contribution in [0.1, 0.15) is 0 Å². The van der Waals surface area contributed by atoms with Gasteiger partial charge in [0.05, 0.1) is 26.5 Å². The molecule has 0 spiro atoms. The first-order valence-electron chi connectivity index (χ1n) is 6.57. The van der Waals surface area contributed by atoms with Gasteiger partial charge in [-0.1, -0.05) is 6.07 Å². The molecule has 3 nitrogen and oxygen atoms in total. The van der Waals surface area contributed by atoms with E-state index in [9.17, 15) is 0 Å². The highest BCUT2D eigenvalue weighted by atomic mass is 32.1. The van der Waals surface area contributed by atoms with E-state index in [1.165, 1.54) is 20.6 Å². The second-order valence-corrected chi connectivity index (χ2v) is 6.33. The highest BCUT2D eigenvalue weighted by Crippen LogP contribution is 2.34. The van der Waals surface area contributed by atoms with Gasteiger partial charge in [-0.05, 0) is 18.2 Å². The fourth-order valence-corrected chi connectivity index (χ4v) is 3.44. The summed E-state index contributed by atoms with van der Waals surface area (Å²) in [6.07, 6.45) is 0. The number of hydrogen-bond donors (Lipinski definition) is 0. The van der Waals surface area contributed by atoms with Crippen LogP contribution in [0.2, 0.25) is 0 Å². The maximum Gasteiger partial charge on any atom is 0.201 e. The Kier molecular flexibility index (Phi) is 3.18. The first-order chi connectivity index (χ1) is 9.56. The van der Waals surface area contributed by atoms with Crippen molar-refractivity contribution in [1.82, 2.24) is 9.56 Å². The fourth-order valence-electron chi connectivity index (χ4n) is 2.25. The van der Waals surface area contributed by atoms with Crippen molar-refractivity contribution in [3.05, 3.63) is 41.8 Å². The highest BCUT2D eigenvalue weighted by molar-refractivity contribution is 7.22. The number of hydrogen-bond acceptors (Lipinski definition) is 3. The molecule has 0 atom stereocenters. The highest BCUT2D eigenvalue weighted by Gasteiger charge is 2.11. The van der Waals surface area contributed by atoms with Crippen molar-refractivity contribution in [3.63, 3.8) is 0 Å². The minimum absolute atomic E-state index is 1.06. The molecule has 0 bridgehead atoms. The molecule has 0 radical (unpaired) electrons. The SMILES string of the molecule is CN(C)c1cccc2nc3ccc(=[N+](C)C)cc-3sc12. The second kappa shape index (κ2) is 4.87. The minimum Gasteiger partial charge on any atom is -0.376 e. The van der Waals surface area contributed by atoms with Gasteiger partial charge in [-0.15, -0.1) is 11.3 Å². The summed E-state index contributed by atoms with van der Waals surface area (Å²) in [5, 5.41) is 1.21. The zero-order chi connectivity index (χ0) is 14.3. The molecule has 1 heterocycles. The van der Waals surface area contributed by atoms with Crippen molar-refractivity contribution in [1.29, 1.82) is 0 Å². The first kappa shape index (κ1) is 13.1. The van der Waals surface area contributed by atoms with E-state index in [0.29, 0.717) is 0 Å². The lowest BCUT2D eigenvalue weighted by Gasteiger charge is -2.15. The molecule has 2 aliphatic rings. The van der Waals surface area contributed by atoms with Gasteiger partial charge in [-0.25, -0.2) is 9.56 Å². The van der Waals surface area contributed by atoms with Crippen LogP contribution in [0.25, 0.3) is 20.8 Å². The molecule has 0 saturated heterocycles. The molecule has 102 valence electrons. The minimum atomic E-state index is 1.06. The number of nitrogens with zero attached hydrogens (tertiary/aromatic N) is 3. The second-order valence-electron chi connectivity index (χ2n) is 5.28. The van der Waals surface area contributed by atoms with Gasteiger partial charge in [0.2, 0.25) is 5.36 Å². The molecule has 0 saturated carbocycles. The van der Waals surface area contributed by atoms with Gasteiger partial charge in [0.15, 0.2) is 0 Å². The quantitative estimate of drug-likeness (QED) is 0.505. The molecule has 1 aromatic carbocycles. The van der Waals surface area contributed by atoms with Gasteiger partial charge in [0, 0.05) is 26.2 Å². The van der Waals surface area contributed by atoms with Crippen LogP contribution >= 0.6 is 11.3 Å². The molecule has 1 aliphatic carbocycles. The molecule has 0 unspecified atom stereocenters. The summed E-state index contributed by atoms with van der Waals surface area (Å²) in [6, 6.07) is 12.7. The van der Waals surface area contributed by atoms with Crippen LogP contribution in [-0.2, 0) is 0 Å². The molecule has 3 rings (SSSR count). The van der Waals surface area contributed by atoms with Gasteiger partial charge in [0.1, 0.15) is 14.1 Å². The summed E-state index contributed by atoms with van der Waals surface area (Å²) in [5.41, 5.74) is 3.34. The van der Waals surface area contributed by atoms with Crippen LogP contribution in [0.5, 0.6) is 0 Å². The molecule has 0 fully saturated rings. The number of benzene rings is 2. The van der Waals surface area contributed by atoms with Gasteiger partial charge in [-0.3, -0.25) is 0 Å². The van der Waals surface area contributed by atoms with Crippen LogP contribution in [0.4, 0.5) is 5.69 Å². The maximum absolute atomic E-state index is 4.79. The molecule has 1 aliphatic heterocycles. The molecule has 1 aromatic rings. The topological polar surface area (TPSA) is 19.1 Å². The van der Waals surface area contributed by atoms with E-state index in [1.807, 2.05) is 0 Å². The van der Waals surface area contributed by atoms with Crippen molar-refractivity contribution >= 4 is 27.2 Å². The van der Waals surface area contributed by atoms with Gasteiger partial charge >= 0.3 is 0 Å².